The number of nitrogens with zero attached hydrogens (tertiary/aromatic N) is 1. The molecular weight excluding hydrogens is 330 g/mol. The number of aromatic carboxylic acids is 1. The largest absolute Gasteiger partial charge is 0.496 e. The fourth-order valence-corrected chi connectivity index (χ4v) is 3.17. The lowest BCUT2D eigenvalue weighted by molar-refractivity contribution is 0.0693. The Morgan fingerprint density at radius 3 is 2.19 bits per heavy atom. The Hall–Kier alpha value is -3.08. The highest BCUT2D eigenvalue weighted by molar-refractivity contribution is 6.03. The van der Waals surface area contributed by atoms with E-state index in [1.165, 1.54) is 0 Å². The molecule has 0 aliphatic carbocycles. The van der Waals surface area contributed by atoms with Crippen LogP contribution >= 0.6 is 0 Å². The monoisotopic (exact) mass is 351 g/mol. The van der Waals surface area contributed by atoms with Crippen LogP contribution in [0.25, 0.3) is 22.0 Å². The lowest BCUT2D eigenvalue weighted by atomic mass is 9.97. The van der Waals surface area contributed by atoms with Crippen molar-refractivity contribution in [2.75, 3.05) is 14.2 Å². The van der Waals surface area contributed by atoms with Gasteiger partial charge in [-0.1, -0.05) is 38.1 Å². The summed E-state index contributed by atoms with van der Waals surface area (Å²) in [6.45, 7) is 4.13. The van der Waals surface area contributed by atoms with Crippen molar-refractivity contribution >= 4 is 16.7 Å². The summed E-state index contributed by atoms with van der Waals surface area (Å²) < 4.78 is 11.1. The smallest absolute Gasteiger partial charge is 0.355 e. The number of rotatable bonds is 5. The zero-order valence-electron chi connectivity index (χ0n) is 15.2. The molecule has 1 aromatic heterocycles. The number of methoxy groups -OCH3 is 2. The number of ether oxygens (including phenoxy) is 2. The molecule has 0 radical (unpaired) electrons. The van der Waals surface area contributed by atoms with Crippen LogP contribution in [0.3, 0.4) is 0 Å². The van der Waals surface area contributed by atoms with Gasteiger partial charge in [-0.05, 0) is 29.5 Å². The van der Waals surface area contributed by atoms with Gasteiger partial charge in [-0.15, -0.1) is 0 Å². The first-order valence-corrected chi connectivity index (χ1v) is 8.35. The highest BCUT2D eigenvalue weighted by Crippen LogP contribution is 2.39. The summed E-state index contributed by atoms with van der Waals surface area (Å²) >= 11 is 0. The van der Waals surface area contributed by atoms with E-state index in [0.717, 1.165) is 16.5 Å². The molecule has 3 rings (SSSR count). The van der Waals surface area contributed by atoms with Gasteiger partial charge >= 0.3 is 5.97 Å². The Kier molecular flexibility index (Phi) is 4.80. The number of benzene rings is 2. The Morgan fingerprint density at radius 1 is 1.04 bits per heavy atom. The summed E-state index contributed by atoms with van der Waals surface area (Å²) in [5, 5.41) is 11.0. The van der Waals surface area contributed by atoms with Gasteiger partial charge in [0.1, 0.15) is 11.5 Å². The quantitative estimate of drug-likeness (QED) is 0.719. The number of hydrogen-bond acceptors (Lipinski definition) is 4. The maximum absolute atomic E-state index is 11.7. The van der Waals surface area contributed by atoms with Crippen molar-refractivity contribution in [3.05, 3.63) is 53.7 Å². The van der Waals surface area contributed by atoms with E-state index in [0.29, 0.717) is 22.6 Å². The maximum atomic E-state index is 11.7. The van der Waals surface area contributed by atoms with Crippen molar-refractivity contribution < 1.29 is 19.4 Å². The minimum absolute atomic E-state index is 0.0315. The molecule has 0 saturated heterocycles. The van der Waals surface area contributed by atoms with E-state index >= 15 is 0 Å². The van der Waals surface area contributed by atoms with Crippen LogP contribution in [-0.4, -0.2) is 30.3 Å². The molecule has 0 amide bonds. The maximum Gasteiger partial charge on any atom is 0.355 e. The predicted molar refractivity (Wildman–Crippen MR) is 101 cm³/mol. The van der Waals surface area contributed by atoms with Gasteiger partial charge in [-0.2, -0.15) is 0 Å². The van der Waals surface area contributed by atoms with Crippen LogP contribution in [0.5, 0.6) is 11.5 Å². The molecule has 3 aromatic rings. The minimum Gasteiger partial charge on any atom is -0.496 e. The average Bonchev–Trinajstić information content (AvgIpc) is 2.65. The van der Waals surface area contributed by atoms with E-state index in [1.54, 1.807) is 26.4 Å². The van der Waals surface area contributed by atoms with E-state index in [2.05, 4.69) is 18.8 Å². The minimum atomic E-state index is -1.05. The summed E-state index contributed by atoms with van der Waals surface area (Å²) in [6.07, 6.45) is 0. The molecule has 1 heterocycles. The topological polar surface area (TPSA) is 68.7 Å². The normalized spacial score (nSPS) is 11.0. The third kappa shape index (κ3) is 3.08. The number of hydrogen-bond donors (Lipinski definition) is 1. The molecule has 2 aromatic carbocycles. The van der Waals surface area contributed by atoms with Gasteiger partial charge in [-0.3, -0.25) is 0 Å². The Balaban J connectivity index is 2.28. The van der Waals surface area contributed by atoms with Gasteiger partial charge in [0.2, 0.25) is 0 Å². The molecule has 1 N–H and O–H groups in total. The molecule has 0 saturated carbocycles. The van der Waals surface area contributed by atoms with Crippen LogP contribution in [0.2, 0.25) is 0 Å². The number of pyridine rings is 1. The van der Waals surface area contributed by atoms with Gasteiger partial charge in [-0.25, -0.2) is 9.78 Å². The number of aromatic nitrogens is 1. The Morgan fingerprint density at radius 2 is 1.65 bits per heavy atom. The fourth-order valence-electron chi connectivity index (χ4n) is 3.17. The molecule has 134 valence electrons. The van der Waals surface area contributed by atoms with Crippen LogP contribution in [0.4, 0.5) is 0 Å². The van der Waals surface area contributed by atoms with Crippen LogP contribution in [-0.2, 0) is 0 Å². The molecular formula is C21H21NO4. The molecule has 5 nitrogen and oxygen atoms in total. The van der Waals surface area contributed by atoms with Crippen molar-refractivity contribution in [2.45, 2.75) is 19.8 Å². The first-order chi connectivity index (χ1) is 12.5. The standard InChI is InChI=1S/C21H21NO4/c1-12(2)19-17(25-3)10-14(11-18(19)26-4)16-9-13-7-5-6-8-15(13)20(22-16)21(23)24/h5-12H,1-4H3,(H,23,24). The number of fused-ring (bicyclic) bond motifs is 1. The lowest BCUT2D eigenvalue weighted by Crippen LogP contribution is -2.04. The van der Waals surface area contributed by atoms with E-state index in [9.17, 15) is 9.90 Å². The SMILES string of the molecule is COc1cc(-c2cc3ccccc3c(C(=O)O)n2)cc(OC)c1C(C)C. The summed E-state index contributed by atoms with van der Waals surface area (Å²) in [4.78, 5) is 16.1. The second kappa shape index (κ2) is 7.04. The summed E-state index contributed by atoms with van der Waals surface area (Å²) in [6, 6.07) is 13.0. The van der Waals surface area contributed by atoms with Gasteiger partial charge in [0.15, 0.2) is 5.69 Å². The number of carboxylic acid groups (broad SMARTS) is 1. The second-order valence-corrected chi connectivity index (χ2v) is 6.33. The molecule has 5 heteroatoms. The summed E-state index contributed by atoms with van der Waals surface area (Å²) in [5.41, 5.74) is 2.31. The first-order valence-electron chi connectivity index (χ1n) is 8.35. The third-order valence-corrected chi connectivity index (χ3v) is 4.36. The number of carbonyl (C=O) groups is 1. The van der Waals surface area contributed by atoms with Crippen molar-refractivity contribution in [3.8, 4) is 22.8 Å². The molecule has 0 aliphatic heterocycles. The van der Waals surface area contributed by atoms with E-state index in [-0.39, 0.29) is 11.6 Å². The Bertz CT molecular complexity index is 954. The van der Waals surface area contributed by atoms with Crippen LogP contribution in [0.15, 0.2) is 42.5 Å². The van der Waals surface area contributed by atoms with Gasteiger partial charge in [0.25, 0.3) is 0 Å². The molecule has 0 aliphatic rings. The molecule has 0 spiro atoms. The van der Waals surface area contributed by atoms with Crippen molar-refractivity contribution in [1.29, 1.82) is 0 Å². The zero-order valence-corrected chi connectivity index (χ0v) is 15.2. The molecule has 0 bridgehead atoms. The van der Waals surface area contributed by atoms with Crippen LogP contribution in [0, 0.1) is 0 Å². The van der Waals surface area contributed by atoms with Gasteiger partial charge < -0.3 is 14.6 Å². The van der Waals surface area contributed by atoms with Crippen molar-refractivity contribution in [2.24, 2.45) is 0 Å². The van der Waals surface area contributed by atoms with E-state index in [4.69, 9.17) is 9.47 Å². The highest BCUT2D eigenvalue weighted by atomic mass is 16.5. The van der Waals surface area contributed by atoms with Crippen molar-refractivity contribution in [1.82, 2.24) is 4.98 Å². The molecule has 0 atom stereocenters. The molecule has 0 unspecified atom stereocenters. The number of carboxylic acids is 1. The molecule has 0 fully saturated rings. The molecule has 26 heavy (non-hydrogen) atoms. The average molecular weight is 351 g/mol. The Labute approximate surface area is 152 Å². The zero-order chi connectivity index (χ0) is 18.8. The van der Waals surface area contributed by atoms with E-state index in [1.807, 2.05) is 30.3 Å². The highest BCUT2D eigenvalue weighted by Gasteiger charge is 2.19. The summed E-state index contributed by atoms with van der Waals surface area (Å²) in [7, 11) is 3.22. The lowest BCUT2D eigenvalue weighted by Gasteiger charge is -2.18. The van der Waals surface area contributed by atoms with Gasteiger partial charge in [0.05, 0.1) is 19.9 Å². The van der Waals surface area contributed by atoms with Gasteiger partial charge in [0, 0.05) is 16.5 Å². The summed E-state index contributed by atoms with van der Waals surface area (Å²) in [5.74, 6) is 0.552. The first kappa shape index (κ1) is 17.7. The van der Waals surface area contributed by atoms with Crippen LogP contribution < -0.4 is 9.47 Å². The van der Waals surface area contributed by atoms with E-state index < -0.39 is 5.97 Å². The predicted octanol–water partition coefficient (Wildman–Crippen LogP) is 4.74. The third-order valence-electron chi connectivity index (χ3n) is 4.36. The van der Waals surface area contributed by atoms with Crippen molar-refractivity contribution in [3.63, 3.8) is 0 Å². The van der Waals surface area contributed by atoms with Crippen LogP contribution in [0.1, 0.15) is 35.8 Å². The second-order valence-electron chi connectivity index (χ2n) is 6.33. The fraction of sp³-hybridized carbons (Fsp3) is 0.238.